The van der Waals surface area contributed by atoms with Crippen LogP contribution in [0.15, 0.2) is 28.7 Å². The van der Waals surface area contributed by atoms with E-state index in [1.165, 1.54) is 11.8 Å². The van der Waals surface area contributed by atoms with Crippen molar-refractivity contribution < 1.29 is 9.59 Å². The van der Waals surface area contributed by atoms with Gasteiger partial charge in [0.2, 0.25) is 11.8 Å². The van der Waals surface area contributed by atoms with E-state index in [4.69, 9.17) is 0 Å². The van der Waals surface area contributed by atoms with E-state index >= 15 is 0 Å². The van der Waals surface area contributed by atoms with Crippen molar-refractivity contribution in [2.24, 2.45) is 0 Å². The van der Waals surface area contributed by atoms with Gasteiger partial charge in [0.05, 0.1) is 6.54 Å². The fourth-order valence-corrected chi connectivity index (χ4v) is 1.96. The van der Waals surface area contributed by atoms with Gasteiger partial charge in [0.25, 0.3) is 0 Å². The van der Waals surface area contributed by atoms with Crippen molar-refractivity contribution in [3.8, 4) is 0 Å². The Morgan fingerprint density at radius 3 is 2.67 bits per heavy atom. The summed E-state index contributed by atoms with van der Waals surface area (Å²) in [7, 11) is 0. The molecule has 1 aromatic rings. The van der Waals surface area contributed by atoms with Gasteiger partial charge in [-0.3, -0.25) is 9.59 Å². The minimum Gasteiger partial charge on any atom is -0.334 e. The molecule has 1 rings (SSSR count). The fraction of sp³-hybridized carbons (Fsp3) is 0.385. The van der Waals surface area contributed by atoms with E-state index < -0.39 is 0 Å². The summed E-state index contributed by atoms with van der Waals surface area (Å²) in [5.41, 5.74) is 0.717. The summed E-state index contributed by atoms with van der Waals surface area (Å²) in [5, 5.41) is 2.76. The number of amides is 2. The van der Waals surface area contributed by atoms with E-state index in [0.29, 0.717) is 6.54 Å². The Hall–Kier alpha value is -1.36. The Labute approximate surface area is 115 Å². The molecule has 0 aromatic heterocycles. The second kappa shape index (κ2) is 7.16. The van der Waals surface area contributed by atoms with Crippen molar-refractivity contribution in [2.45, 2.75) is 20.3 Å². The molecule has 0 saturated carbocycles. The SMILES string of the molecule is CCCN(CC(=O)Nc1cccc(Br)c1)C(C)=O. The predicted octanol–water partition coefficient (Wildman–Crippen LogP) is 2.65. The lowest BCUT2D eigenvalue weighted by molar-refractivity contribution is -0.132. The summed E-state index contributed by atoms with van der Waals surface area (Å²) in [4.78, 5) is 24.6. The molecule has 0 spiro atoms. The molecule has 0 unspecified atom stereocenters. The van der Waals surface area contributed by atoms with Crippen LogP contribution in [0.25, 0.3) is 0 Å². The normalized spacial score (nSPS) is 9.94. The quantitative estimate of drug-likeness (QED) is 0.908. The monoisotopic (exact) mass is 312 g/mol. The Morgan fingerprint density at radius 1 is 1.39 bits per heavy atom. The highest BCUT2D eigenvalue weighted by molar-refractivity contribution is 9.10. The molecule has 1 N–H and O–H groups in total. The largest absolute Gasteiger partial charge is 0.334 e. The first-order valence-corrected chi connectivity index (χ1v) is 6.63. The van der Waals surface area contributed by atoms with E-state index in [0.717, 1.165) is 16.6 Å². The van der Waals surface area contributed by atoms with Crippen LogP contribution in [-0.4, -0.2) is 29.8 Å². The number of hydrogen-bond donors (Lipinski definition) is 1. The van der Waals surface area contributed by atoms with Gasteiger partial charge in [-0.05, 0) is 24.6 Å². The average molecular weight is 313 g/mol. The maximum atomic E-state index is 11.8. The van der Waals surface area contributed by atoms with Crippen molar-refractivity contribution in [2.75, 3.05) is 18.4 Å². The third-order valence-electron chi connectivity index (χ3n) is 2.38. The number of nitrogens with zero attached hydrogens (tertiary/aromatic N) is 1. The Bertz CT molecular complexity index is 435. The standard InChI is InChI=1S/C13H17BrN2O2/c1-3-7-16(10(2)17)9-13(18)15-12-6-4-5-11(14)8-12/h4-6,8H,3,7,9H2,1-2H3,(H,15,18). The molecule has 0 fully saturated rings. The number of rotatable bonds is 5. The first kappa shape index (κ1) is 14.7. The first-order chi connectivity index (χ1) is 8.52. The molecule has 18 heavy (non-hydrogen) atoms. The van der Waals surface area contributed by atoms with E-state index in [-0.39, 0.29) is 18.4 Å². The van der Waals surface area contributed by atoms with Gasteiger partial charge in [0.15, 0.2) is 0 Å². The van der Waals surface area contributed by atoms with Gasteiger partial charge in [-0.1, -0.05) is 28.9 Å². The molecule has 2 amide bonds. The molecule has 0 aliphatic rings. The molecular formula is C13H17BrN2O2. The van der Waals surface area contributed by atoms with Crippen molar-refractivity contribution in [3.63, 3.8) is 0 Å². The molecule has 0 atom stereocenters. The predicted molar refractivity (Wildman–Crippen MR) is 75.3 cm³/mol. The molecule has 0 bridgehead atoms. The highest BCUT2D eigenvalue weighted by Gasteiger charge is 2.12. The number of carbonyl (C=O) groups is 2. The molecule has 98 valence electrons. The van der Waals surface area contributed by atoms with Gasteiger partial charge in [-0.15, -0.1) is 0 Å². The molecule has 5 heteroatoms. The Morgan fingerprint density at radius 2 is 2.11 bits per heavy atom. The zero-order chi connectivity index (χ0) is 13.5. The lowest BCUT2D eigenvalue weighted by Gasteiger charge is -2.19. The van der Waals surface area contributed by atoms with Crippen molar-refractivity contribution in [1.82, 2.24) is 4.90 Å². The summed E-state index contributed by atoms with van der Waals surface area (Å²) < 4.78 is 0.900. The smallest absolute Gasteiger partial charge is 0.243 e. The van der Waals surface area contributed by atoms with Gasteiger partial charge in [0, 0.05) is 23.6 Å². The van der Waals surface area contributed by atoms with Crippen molar-refractivity contribution in [1.29, 1.82) is 0 Å². The summed E-state index contributed by atoms with van der Waals surface area (Å²) in [6.07, 6.45) is 0.837. The van der Waals surface area contributed by atoms with Crippen LogP contribution in [0, 0.1) is 0 Å². The van der Waals surface area contributed by atoms with E-state index in [2.05, 4.69) is 21.2 Å². The zero-order valence-corrected chi connectivity index (χ0v) is 12.2. The van der Waals surface area contributed by atoms with Crippen molar-refractivity contribution >= 4 is 33.4 Å². The molecule has 1 aromatic carbocycles. The summed E-state index contributed by atoms with van der Waals surface area (Å²) in [5.74, 6) is -0.266. The Kier molecular flexibility index (Phi) is 5.85. The first-order valence-electron chi connectivity index (χ1n) is 5.84. The number of benzene rings is 1. The Balaban J connectivity index is 2.57. The molecule has 0 aliphatic heterocycles. The van der Waals surface area contributed by atoms with Gasteiger partial charge in [0.1, 0.15) is 0 Å². The van der Waals surface area contributed by atoms with Crippen LogP contribution >= 0.6 is 15.9 Å². The lowest BCUT2D eigenvalue weighted by atomic mass is 10.3. The van der Waals surface area contributed by atoms with Crippen LogP contribution < -0.4 is 5.32 Å². The van der Waals surface area contributed by atoms with E-state index in [9.17, 15) is 9.59 Å². The van der Waals surface area contributed by atoms with Gasteiger partial charge in [-0.25, -0.2) is 0 Å². The summed E-state index contributed by atoms with van der Waals surface area (Å²) in [6, 6.07) is 7.35. The highest BCUT2D eigenvalue weighted by atomic mass is 79.9. The maximum Gasteiger partial charge on any atom is 0.243 e. The second-order valence-corrected chi connectivity index (χ2v) is 4.91. The van der Waals surface area contributed by atoms with Crippen LogP contribution in [0.4, 0.5) is 5.69 Å². The maximum absolute atomic E-state index is 11.8. The summed E-state index contributed by atoms with van der Waals surface area (Å²) in [6.45, 7) is 4.14. The van der Waals surface area contributed by atoms with Crippen LogP contribution in [0.1, 0.15) is 20.3 Å². The summed E-state index contributed by atoms with van der Waals surface area (Å²) >= 11 is 3.34. The minimum absolute atomic E-state index is 0.0822. The van der Waals surface area contributed by atoms with Crippen LogP contribution in [-0.2, 0) is 9.59 Å². The lowest BCUT2D eigenvalue weighted by Crippen LogP contribution is -2.37. The number of nitrogens with one attached hydrogen (secondary N) is 1. The number of carbonyl (C=O) groups excluding carboxylic acids is 2. The molecule has 0 radical (unpaired) electrons. The van der Waals surface area contributed by atoms with Gasteiger partial charge < -0.3 is 10.2 Å². The molecule has 0 heterocycles. The van der Waals surface area contributed by atoms with Crippen molar-refractivity contribution in [3.05, 3.63) is 28.7 Å². The zero-order valence-electron chi connectivity index (χ0n) is 10.6. The average Bonchev–Trinajstić information content (AvgIpc) is 2.28. The van der Waals surface area contributed by atoms with Crippen LogP contribution in [0.5, 0.6) is 0 Å². The third-order valence-corrected chi connectivity index (χ3v) is 2.87. The number of hydrogen-bond acceptors (Lipinski definition) is 2. The highest BCUT2D eigenvalue weighted by Crippen LogP contribution is 2.15. The van der Waals surface area contributed by atoms with Gasteiger partial charge >= 0.3 is 0 Å². The minimum atomic E-state index is -0.184. The topological polar surface area (TPSA) is 49.4 Å². The second-order valence-electron chi connectivity index (χ2n) is 4.00. The number of halogens is 1. The van der Waals surface area contributed by atoms with Crippen LogP contribution in [0.2, 0.25) is 0 Å². The van der Waals surface area contributed by atoms with E-state index in [1.54, 1.807) is 6.07 Å². The molecule has 0 aliphatic carbocycles. The molecular weight excluding hydrogens is 296 g/mol. The third kappa shape index (κ3) is 4.87. The molecule has 0 saturated heterocycles. The van der Waals surface area contributed by atoms with E-state index in [1.807, 2.05) is 25.1 Å². The van der Waals surface area contributed by atoms with Gasteiger partial charge in [-0.2, -0.15) is 0 Å². The van der Waals surface area contributed by atoms with Crippen LogP contribution in [0.3, 0.4) is 0 Å². The molecule has 4 nitrogen and oxygen atoms in total. The fourth-order valence-electron chi connectivity index (χ4n) is 1.56. The number of anilines is 1.